The number of hydrogen-bond donors (Lipinski definition) is 1. The van der Waals surface area contributed by atoms with Gasteiger partial charge in [0.2, 0.25) is 0 Å². The average molecular weight is 252 g/mol. The lowest BCUT2D eigenvalue weighted by Gasteiger charge is -1.97. The Morgan fingerprint density at radius 2 is 2.06 bits per heavy atom. The topological polar surface area (TPSA) is 116 Å². The van der Waals surface area contributed by atoms with Crippen LogP contribution in [0.15, 0.2) is 47.3 Å². The Balaban J connectivity index is 0.000000269. The van der Waals surface area contributed by atoms with Crippen LogP contribution in [0.4, 0.5) is 10.5 Å². The van der Waals surface area contributed by atoms with Crippen LogP contribution in [-0.2, 0) is 0 Å². The van der Waals surface area contributed by atoms with Gasteiger partial charge in [-0.3, -0.25) is 10.1 Å². The molecule has 0 spiro atoms. The van der Waals surface area contributed by atoms with Gasteiger partial charge in [-0.05, 0) is 18.2 Å². The largest absolute Gasteiger partial charge is 0.511 e. The summed E-state index contributed by atoms with van der Waals surface area (Å²) in [6.45, 7) is 0. The van der Waals surface area contributed by atoms with Crippen molar-refractivity contribution < 1.29 is 24.1 Å². The van der Waals surface area contributed by atoms with Crippen molar-refractivity contribution in [3.63, 3.8) is 0 Å². The minimum absolute atomic E-state index is 0.0538. The number of aromatic nitrogens is 1. The predicted molar refractivity (Wildman–Crippen MR) is 58.3 cm³/mol. The van der Waals surface area contributed by atoms with Crippen LogP contribution in [0.3, 0.4) is 0 Å². The molecular formula is C10H8N2O6. The minimum atomic E-state index is -1.45. The van der Waals surface area contributed by atoms with Gasteiger partial charge >= 0.3 is 6.16 Å². The van der Waals surface area contributed by atoms with Crippen molar-refractivity contribution in [3.05, 3.63) is 52.9 Å². The summed E-state index contributed by atoms with van der Waals surface area (Å²) in [5.74, 6) is 0.0538. The molecule has 0 atom stereocenters. The van der Waals surface area contributed by atoms with Gasteiger partial charge < -0.3 is 14.4 Å². The van der Waals surface area contributed by atoms with Gasteiger partial charge in [-0.1, -0.05) is 5.16 Å². The van der Waals surface area contributed by atoms with Crippen LogP contribution in [0.2, 0.25) is 0 Å². The van der Waals surface area contributed by atoms with Gasteiger partial charge in [0.25, 0.3) is 5.69 Å². The standard InChI is InChI=1S/C7H5NO5.C3H3NO/c9-7(10)13-6-3-1-5(2-4-6)8(11)12;1-2-4-5-3-1/h1-4H,(H,9,10);1-3H. The lowest BCUT2D eigenvalue weighted by molar-refractivity contribution is -0.384. The van der Waals surface area contributed by atoms with Crippen LogP contribution in [0.5, 0.6) is 5.75 Å². The molecule has 0 unspecified atom stereocenters. The van der Waals surface area contributed by atoms with Gasteiger partial charge in [-0.2, -0.15) is 0 Å². The molecule has 0 aliphatic rings. The number of non-ortho nitro benzene ring substituents is 1. The van der Waals surface area contributed by atoms with Crippen LogP contribution in [0, 0.1) is 10.1 Å². The van der Waals surface area contributed by atoms with Gasteiger partial charge in [-0.25, -0.2) is 4.79 Å². The van der Waals surface area contributed by atoms with E-state index < -0.39 is 11.1 Å². The smallest absolute Gasteiger partial charge is 0.449 e. The van der Waals surface area contributed by atoms with E-state index in [9.17, 15) is 14.9 Å². The number of nitrogens with zero attached hydrogens (tertiary/aromatic N) is 2. The number of hydrogen-bond acceptors (Lipinski definition) is 6. The fourth-order valence-corrected chi connectivity index (χ4v) is 0.912. The van der Waals surface area contributed by atoms with Crippen molar-refractivity contribution in [1.29, 1.82) is 0 Å². The van der Waals surface area contributed by atoms with Gasteiger partial charge in [0.15, 0.2) is 0 Å². The molecule has 8 nitrogen and oxygen atoms in total. The van der Waals surface area contributed by atoms with E-state index in [0.717, 1.165) is 12.1 Å². The highest BCUT2D eigenvalue weighted by Gasteiger charge is 2.05. The number of carbonyl (C=O) groups is 1. The normalized spacial score (nSPS) is 8.89. The zero-order valence-corrected chi connectivity index (χ0v) is 8.92. The number of nitro benzene ring substituents is 1. The molecule has 2 aromatic rings. The first kappa shape index (κ1) is 13.2. The highest BCUT2D eigenvalue weighted by atomic mass is 16.7. The van der Waals surface area contributed by atoms with Gasteiger partial charge in [0, 0.05) is 12.1 Å². The molecule has 1 heterocycles. The molecule has 0 fully saturated rings. The number of benzene rings is 1. The summed E-state index contributed by atoms with van der Waals surface area (Å²) in [5.41, 5.74) is -0.113. The zero-order valence-electron chi connectivity index (χ0n) is 8.92. The fourth-order valence-electron chi connectivity index (χ4n) is 0.912. The molecule has 0 aliphatic heterocycles. The molecule has 0 radical (unpaired) electrons. The van der Waals surface area contributed by atoms with E-state index in [2.05, 4.69) is 14.4 Å². The Hall–Kier alpha value is -2.90. The highest BCUT2D eigenvalue weighted by molar-refractivity contribution is 5.61. The summed E-state index contributed by atoms with van der Waals surface area (Å²) in [4.78, 5) is 19.6. The SMILES string of the molecule is O=C(O)Oc1ccc([N+](=O)[O-])cc1.c1cnoc1. The minimum Gasteiger partial charge on any atom is -0.449 e. The first-order valence-electron chi connectivity index (χ1n) is 4.59. The zero-order chi connectivity index (χ0) is 13.4. The maximum Gasteiger partial charge on any atom is 0.511 e. The molecule has 94 valence electrons. The third kappa shape index (κ3) is 4.75. The van der Waals surface area contributed by atoms with E-state index in [0.29, 0.717) is 0 Å². The van der Waals surface area contributed by atoms with Gasteiger partial charge in [-0.15, -0.1) is 0 Å². The lowest BCUT2D eigenvalue weighted by Crippen LogP contribution is -2.02. The summed E-state index contributed by atoms with van der Waals surface area (Å²) in [6.07, 6.45) is 1.65. The number of nitro groups is 1. The molecule has 1 aromatic heterocycles. The van der Waals surface area contributed by atoms with Crippen LogP contribution in [0.1, 0.15) is 0 Å². The van der Waals surface area contributed by atoms with E-state index in [1.54, 1.807) is 12.3 Å². The maximum atomic E-state index is 10.2. The molecule has 0 bridgehead atoms. The van der Waals surface area contributed by atoms with Gasteiger partial charge in [0.05, 0.1) is 11.1 Å². The monoisotopic (exact) mass is 252 g/mol. The molecule has 8 heteroatoms. The van der Waals surface area contributed by atoms with Crippen molar-refractivity contribution in [2.24, 2.45) is 0 Å². The average Bonchev–Trinajstić information content (AvgIpc) is 2.87. The van der Waals surface area contributed by atoms with Crippen molar-refractivity contribution in [2.45, 2.75) is 0 Å². The fraction of sp³-hybridized carbons (Fsp3) is 0. The first-order valence-corrected chi connectivity index (χ1v) is 4.59. The lowest BCUT2D eigenvalue weighted by atomic mass is 10.3. The summed E-state index contributed by atoms with van der Waals surface area (Å²) in [7, 11) is 0. The molecular weight excluding hydrogens is 244 g/mol. The highest BCUT2D eigenvalue weighted by Crippen LogP contribution is 2.17. The molecule has 1 N–H and O–H groups in total. The van der Waals surface area contributed by atoms with E-state index in [1.807, 2.05) is 0 Å². The molecule has 1 aromatic carbocycles. The first-order chi connectivity index (χ1) is 8.59. The molecule has 0 amide bonds. The van der Waals surface area contributed by atoms with Crippen LogP contribution in [0.25, 0.3) is 0 Å². The Bertz CT molecular complexity index is 476. The number of rotatable bonds is 2. The van der Waals surface area contributed by atoms with Crippen LogP contribution in [-0.4, -0.2) is 21.3 Å². The quantitative estimate of drug-likeness (QED) is 0.377. The second-order valence-electron chi connectivity index (χ2n) is 2.81. The Morgan fingerprint density at radius 3 is 2.39 bits per heavy atom. The van der Waals surface area contributed by atoms with E-state index >= 15 is 0 Å². The van der Waals surface area contributed by atoms with E-state index in [4.69, 9.17) is 5.11 Å². The van der Waals surface area contributed by atoms with Crippen LogP contribution < -0.4 is 4.74 Å². The summed E-state index contributed by atoms with van der Waals surface area (Å²) in [6, 6.07) is 6.48. The van der Waals surface area contributed by atoms with Crippen molar-refractivity contribution in [1.82, 2.24) is 5.16 Å². The summed E-state index contributed by atoms with van der Waals surface area (Å²) < 4.78 is 8.58. The molecule has 18 heavy (non-hydrogen) atoms. The van der Waals surface area contributed by atoms with Crippen molar-refractivity contribution in [2.75, 3.05) is 0 Å². The maximum absolute atomic E-state index is 10.2. The van der Waals surface area contributed by atoms with Crippen LogP contribution >= 0.6 is 0 Å². The summed E-state index contributed by atoms with van der Waals surface area (Å²) >= 11 is 0. The molecule has 0 saturated heterocycles. The number of ether oxygens (including phenoxy) is 1. The second kappa shape index (κ2) is 6.63. The molecule has 0 aliphatic carbocycles. The summed E-state index contributed by atoms with van der Waals surface area (Å²) in [5, 5.41) is 21.7. The number of carboxylic acid groups (broad SMARTS) is 1. The third-order valence-electron chi connectivity index (χ3n) is 1.60. The Labute approximate surface area is 101 Å². The predicted octanol–water partition coefficient (Wildman–Crippen LogP) is 2.33. The molecule has 2 rings (SSSR count). The van der Waals surface area contributed by atoms with Gasteiger partial charge in [0.1, 0.15) is 12.0 Å². The molecule has 0 saturated carbocycles. The third-order valence-corrected chi connectivity index (χ3v) is 1.60. The van der Waals surface area contributed by atoms with Crippen molar-refractivity contribution in [3.8, 4) is 5.75 Å². The van der Waals surface area contributed by atoms with E-state index in [1.165, 1.54) is 18.4 Å². The Kier molecular flexibility index (Phi) is 4.85. The Morgan fingerprint density at radius 1 is 1.39 bits per heavy atom. The van der Waals surface area contributed by atoms with Crippen molar-refractivity contribution >= 4 is 11.8 Å². The van der Waals surface area contributed by atoms with E-state index in [-0.39, 0.29) is 11.4 Å². The second-order valence-corrected chi connectivity index (χ2v) is 2.81.